The van der Waals surface area contributed by atoms with Crippen molar-refractivity contribution in [2.24, 2.45) is 5.92 Å². The summed E-state index contributed by atoms with van der Waals surface area (Å²) in [5, 5.41) is 10.2. The van der Waals surface area contributed by atoms with Gasteiger partial charge in [0.2, 0.25) is 0 Å². The van der Waals surface area contributed by atoms with E-state index in [1.807, 2.05) is 13.8 Å². The number of hydrogen-bond acceptors (Lipinski definition) is 1. The van der Waals surface area contributed by atoms with Crippen molar-refractivity contribution in [3.05, 3.63) is 35.4 Å². The van der Waals surface area contributed by atoms with Crippen molar-refractivity contribution in [2.45, 2.75) is 39.2 Å². The number of hydrogen-bond donors (Lipinski definition) is 1. The summed E-state index contributed by atoms with van der Waals surface area (Å²) in [6.07, 6.45) is 0.926. The molecule has 1 N–H and O–H groups in total. The molecule has 0 heterocycles. The van der Waals surface area contributed by atoms with Gasteiger partial charge in [-0.15, -0.1) is 0 Å². The molecule has 0 aliphatic rings. The zero-order valence-corrected chi connectivity index (χ0v) is 9.93. The Balaban J connectivity index is 2.92. The van der Waals surface area contributed by atoms with Gasteiger partial charge >= 0.3 is 0 Å². The van der Waals surface area contributed by atoms with Gasteiger partial charge in [-0.2, -0.15) is 0 Å². The summed E-state index contributed by atoms with van der Waals surface area (Å²) >= 11 is 0. The third kappa shape index (κ3) is 2.79. The molecule has 1 aromatic carbocycles. The molecule has 1 aromatic rings. The molecule has 90 valence electrons. The van der Waals surface area contributed by atoms with Crippen molar-refractivity contribution in [3.8, 4) is 0 Å². The van der Waals surface area contributed by atoms with Crippen LogP contribution in [0.3, 0.4) is 0 Å². The zero-order chi connectivity index (χ0) is 12.3. The molecule has 1 rings (SSSR count). The Hall–Kier alpha value is -0.960. The Bertz CT molecular complexity index is 361. The first-order valence-electron chi connectivity index (χ1n) is 5.53. The molecule has 3 heteroatoms. The van der Waals surface area contributed by atoms with Crippen molar-refractivity contribution in [1.82, 2.24) is 0 Å². The topological polar surface area (TPSA) is 20.2 Å². The molecule has 0 radical (unpaired) electrons. The maximum absolute atomic E-state index is 13.4. The average molecular weight is 228 g/mol. The first-order chi connectivity index (χ1) is 7.38. The van der Waals surface area contributed by atoms with Crippen LogP contribution in [0, 0.1) is 17.6 Å². The maximum Gasteiger partial charge on any atom is 0.162 e. The lowest BCUT2D eigenvalue weighted by atomic mass is 9.83. The van der Waals surface area contributed by atoms with E-state index in [1.54, 1.807) is 6.92 Å². The summed E-state index contributed by atoms with van der Waals surface area (Å²) in [6.45, 7) is 5.52. The number of benzene rings is 1. The molecular formula is C13H18F2O. The van der Waals surface area contributed by atoms with E-state index in [9.17, 15) is 13.9 Å². The summed E-state index contributed by atoms with van der Waals surface area (Å²) in [5.41, 5.74) is -0.783. The van der Waals surface area contributed by atoms with Gasteiger partial charge in [0, 0.05) is 6.42 Å². The minimum absolute atomic E-state index is 0.0372. The molecule has 0 fully saturated rings. The number of halogens is 2. The maximum atomic E-state index is 13.4. The van der Waals surface area contributed by atoms with Gasteiger partial charge < -0.3 is 5.11 Å². The van der Waals surface area contributed by atoms with Crippen molar-refractivity contribution < 1.29 is 13.9 Å². The number of aliphatic hydroxyl groups is 1. The first kappa shape index (κ1) is 13.1. The lowest BCUT2D eigenvalue weighted by Gasteiger charge is -2.29. The summed E-state index contributed by atoms with van der Waals surface area (Å²) < 4.78 is 26.4. The normalized spacial score (nSPS) is 16.9. The first-order valence-corrected chi connectivity index (χ1v) is 5.53. The van der Waals surface area contributed by atoms with E-state index in [0.29, 0.717) is 0 Å². The fourth-order valence-electron chi connectivity index (χ4n) is 1.68. The van der Waals surface area contributed by atoms with Gasteiger partial charge in [-0.3, -0.25) is 0 Å². The highest BCUT2D eigenvalue weighted by Gasteiger charge is 2.28. The van der Waals surface area contributed by atoms with Crippen LogP contribution in [0.5, 0.6) is 0 Å². The monoisotopic (exact) mass is 228 g/mol. The quantitative estimate of drug-likeness (QED) is 0.838. The van der Waals surface area contributed by atoms with Crippen molar-refractivity contribution in [1.29, 1.82) is 0 Å². The van der Waals surface area contributed by atoms with Crippen molar-refractivity contribution >= 4 is 0 Å². The summed E-state index contributed by atoms with van der Waals surface area (Å²) in [6, 6.07) is 4.05. The fourth-order valence-corrected chi connectivity index (χ4v) is 1.68. The third-order valence-corrected chi connectivity index (χ3v) is 3.25. The Labute approximate surface area is 95.1 Å². The molecule has 0 saturated heterocycles. The van der Waals surface area contributed by atoms with Gasteiger partial charge in [-0.1, -0.05) is 32.4 Å². The van der Waals surface area contributed by atoms with Gasteiger partial charge in [-0.05, 0) is 24.5 Å². The van der Waals surface area contributed by atoms with E-state index in [0.717, 1.165) is 12.5 Å². The van der Waals surface area contributed by atoms with Crippen LogP contribution in [-0.2, 0) is 6.42 Å². The standard InChI is InChI=1S/C13H18F2O/c1-4-9(2)13(3,16)8-10-6-5-7-11(14)12(10)15/h5-7,9,16H,4,8H2,1-3H3. The summed E-state index contributed by atoms with van der Waals surface area (Å²) in [5.74, 6) is -1.68. The van der Waals surface area contributed by atoms with Crippen LogP contribution in [-0.4, -0.2) is 10.7 Å². The highest BCUT2D eigenvalue weighted by molar-refractivity contribution is 5.20. The lowest BCUT2D eigenvalue weighted by molar-refractivity contribution is 0.00436. The molecule has 0 amide bonds. The fraction of sp³-hybridized carbons (Fsp3) is 0.538. The van der Waals surface area contributed by atoms with Crippen molar-refractivity contribution in [2.75, 3.05) is 0 Å². The van der Waals surface area contributed by atoms with E-state index in [-0.39, 0.29) is 17.9 Å². The van der Waals surface area contributed by atoms with Crippen LogP contribution in [0.15, 0.2) is 18.2 Å². The van der Waals surface area contributed by atoms with Crippen LogP contribution in [0.1, 0.15) is 32.8 Å². The van der Waals surface area contributed by atoms with Crippen LogP contribution in [0.4, 0.5) is 8.78 Å². The Kier molecular flexibility index (Phi) is 4.03. The van der Waals surface area contributed by atoms with Crippen molar-refractivity contribution in [3.63, 3.8) is 0 Å². The number of rotatable bonds is 4. The van der Waals surface area contributed by atoms with Gasteiger partial charge in [0.25, 0.3) is 0 Å². The van der Waals surface area contributed by atoms with Crippen LogP contribution in [0.25, 0.3) is 0 Å². The second kappa shape index (κ2) is 4.91. The van der Waals surface area contributed by atoms with Gasteiger partial charge in [0.1, 0.15) is 0 Å². The minimum Gasteiger partial charge on any atom is -0.390 e. The summed E-state index contributed by atoms with van der Waals surface area (Å²) in [4.78, 5) is 0. The molecule has 1 nitrogen and oxygen atoms in total. The molecule has 16 heavy (non-hydrogen) atoms. The predicted molar refractivity (Wildman–Crippen MR) is 60.1 cm³/mol. The molecule has 0 aliphatic heterocycles. The Morgan fingerprint density at radius 1 is 1.38 bits per heavy atom. The summed E-state index contributed by atoms with van der Waals surface area (Å²) in [7, 11) is 0. The van der Waals surface area contributed by atoms with E-state index in [4.69, 9.17) is 0 Å². The van der Waals surface area contributed by atoms with Crippen LogP contribution < -0.4 is 0 Å². The molecule has 0 bridgehead atoms. The van der Waals surface area contributed by atoms with Crippen LogP contribution >= 0.6 is 0 Å². The molecule has 0 saturated carbocycles. The molecule has 2 unspecified atom stereocenters. The predicted octanol–water partition coefficient (Wildman–Crippen LogP) is 3.30. The highest BCUT2D eigenvalue weighted by atomic mass is 19.2. The minimum atomic E-state index is -1.01. The highest BCUT2D eigenvalue weighted by Crippen LogP contribution is 2.26. The van der Waals surface area contributed by atoms with E-state index >= 15 is 0 Å². The Morgan fingerprint density at radius 2 is 2.00 bits per heavy atom. The molecule has 2 atom stereocenters. The largest absolute Gasteiger partial charge is 0.390 e. The van der Waals surface area contributed by atoms with E-state index < -0.39 is 17.2 Å². The third-order valence-electron chi connectivity index (χ3n) is 3.25. The molecular weight excluding hydrogens is 210 g/mol. The van der Waals surface area contributed by atoms with Crippen LogP contribution in [0.2, 0.25) is 0 Å². The second-order valence-corrected chi connectivity index (χ2v) is 4.56. The molecule has 0 aromatic heterocycles. The van der Waals surface area contributed by atoms with Gasteiger partial charge in [0.05, 0.1) is 5.60 Å². The van der Waals surface area contributed by atoms with Gasteiger partial charge in [-0.25, -0.2) is 8.78 Å². The smallest absolute Gasteiger partial charge is 0.162 e. The molecule has 0 aliphatic carbocycles. The van der Waals surface area contributed by atoms with Gasteiger partial charge in [0.15, 0.2) is 11.6 Å². The van der Waals surface area contributed by atoms with E-state index in [1.165, 1.54) is 12.1 Å². The average Bonchev–Trinajstić information content (AvgIpc) is 2.23. The second-order valence-electron chi connectivity index (χ2n) is 4.56. The Morgan fingerprint density at radius 3 is 2.56 bits per heavy atom. The zero-order valence-electron chi connectivity index (χ0n) is 9.93. The SMILES string of the molecule is CCC(C)C(C)(O)Cc1cccc(F)c1F. The lowest BCUT2D eigenvalue weighted by Crippen LogP contribution is -2.35. The molecule has 0 spiro atoms. The van der Waals surface area contributed by atoms with E-state index in [2.05, 4.69) is 0 Å².